The molecule has 2 N–H and O–H groups in total. The number of hydrogen-bond donors (Lipinski definition) is 2. The van der Waals surface area contributed by atoms with Crippen molar-refractivity contribution in [2.24, 2.45) is 4.99 Å². The molecule has 0 saturated carbocycles. The number of guanidine groups is 1. The Labute approximate surface area is 193 Å². The third-order valence-corrected chi connectivity index (χ3v) is 4.52. The summed E-state index contributed by atoms with van der Waals surface area (Å²) in [6, 6.07) is 14.4. The van der Waals surface area contributed by atoms with Crippen LogP contribution in [0.1, 0.15) is 16.8 Å². The van der Waals surface area contributed by atoms with Gasteiger partial charge in [-0.1, -0.05) is 12.1 Å². The second kappa shape index (κ2) is 11.5. The minimum Gasteiger partial charge on any atom is -0.496 e. The first-order valence-electron chi connectivity index (χ1n) is 9.47. The lowest BCUT2D eigenvalue weighted by Gasteiger charge is -2.14. The highest BCUT2D eigenvalue weighted by molar-refractivity contribution is 14.0. The summed E-state index contributed by atoms with van der Waals surface area (Å²) < 4.78 is 20.2. The second-order valence-electron chi connectivity index (χ2n) is 6.65. The van der Waals surface area contributed by atoms with E-state index < -0.39 is 0 Å². The molecule has 0 fully saturated rings. The molecule has 0 spiro atoms. The van der Waals surface area contributed by atoms with Crippen molar-refractivity contribution < 1.29 is 9.13 Å². The van der Waals surface area contributed by atoms with Crippen molar-refractivity contribution >= 4 is 29.9 Å². The summed E-state index contributed by atoms with van der Waals surface area (Å²) >= 11 is 0. The highest BCUT2D eigenvalue weighted by atomic mass is 127. The number of rotatable bonds is 7. The molecule has 6 nitrogen and oxygen atoms in total. The fourth-order valence-electron chi connectivity index (χ4n) is 2.94. The molecule has 0 amide bonds. The number of halogens is 2. The molecule has 30 heavy (non-hydrogen) atoms. The molecule has 2 aromatic carbocycles. The summed E-state index contributed by atoms with van der Waals surface area (Å²) in [5.74, 6) is 1.32. The molecule has 0 radical (unpaired) electrons. The van der Waals surface area contributed by atoms with E-state index in [1.807, 2.05) is 25.3 Å². The molecule has 0 saturated heterocycles. The zero-order valence-corrected chi connectivity index (χ0v) is 19.7. The van der Waals surface area contributed by atoms with Crippen LogP contribution in [0.2, 0.25) is 0 Å². The van der Waals surface area contributed by atoms with Gasteiger partial charge >= 0.3 is 0 Å². The molecule has 0 unspecified atom stereocenters. The highest BCUT2D eigenvalue weighted by Crippen LogP contribution is 2.19. The maximum atomic E-state index is 13.1. The van der Waals surface area contributed by atoms with Crippen LogP contribution in [-0.2, 0) is 13.0 Å². The number of benzene rings is 2. The molecule has 0 aliphatic carbocycles. The Morgan fingerprint density at radius 2 is 1.90 bits per heavy atom. The molecule has 8 heteroatoms. The lowest BCUT2D eigenvalue weighted by Crippen LogP contribution is -2.38. The average Bonchev–Trinajstić information content (AvgIpc) is 3.20. The van der Waals surface area contributed by atoms with Crippen molar-refractivity contribution in [3.8, 4) is 11.4 Å². The third-order valence-electron chi connectivity index (χ3n) is 4.52. The summed E-state index contributed by atoms with van der Waals surface area (Å²) in [6.45, 7) is 3.34. The number of methoxy groups -OCH3 is 1. The van der Waals surface area contributed by atoms with E-state index in [4.69, 9.17) is 4.74 Å². The van der Waals surface area contributed by atoms with E-state index in [-0.39, 0.29) is 29.8 Å². The van der Waals surface area contributed by atoms with Gasteiger partial charge < -0.3 is 15.4 Å². The van der Waals surface area contributed by atoms with Crippen molar-refractivity contribution in [3.63, 3.8) is 0 Å². The molecular weight excluding hydrogens is 496 g/mol. The SMILES string of the molecule is CN=C(NCCc1ccn(-c2ccc(F)cc2)n1)NCc1ccc(C)cc1OC.I. The van der Waals surface area contributed by atoms with Gasteiger partial charge in [0.05, 0.1) is 18.5 Å². The van der Waals surface area contributed by atoms with Gasteiger partial charge in [-0.05, 0) is 48.9 Å². The van der Waals surface area contributed by atoms with Crippen LogP contribution in [-0.4, -0.2) is 36.4 Å². The topological polar surface area (TPSA) is 63.5 Å². The highest BCUT2D eigenvalue weighted by Gasteiger charge is 2.06. The van der Waals surface area contributed by atoms with E-state index in [0.29, 0.717) is 19.0 Å². The van der Waals surface area contributed by atoms with E-state index in [1.165, 1.54) is 12.1 Å². The first-order valence-corrected chi connectivity index (χ1v) is 9.47. The number of ether oxygens (including phenoxy) is 1. The molecule has 0 atom stereocenters. The van der Waals surface area contributed by atoms with Crippen molar-refractivity contribution in [2.75, 3.05) is 20.7 Å². The van der Waals surface area contributed by atoms with E-state index in [0.717, 1.165) is 34.7 Å². The Morgan fingerprint density at radius 3 is 2.60 bits per heavy atom. The molecular formula is C22H27FIN5O. The summed E-state index contributed by atoms with van der Waals surface area (Å²) in [5.41, 5.74) is 4.00. The Hall–Kier alpha value is -2.62. The third kappa shape index (κ3) is 6.45. The van der Waals surface area contributed by atoms with Crippen molar-refractivity contribution in [1.82, 2.24) is 20.4 Å². The second-order valence-corrected chi connectivity index (χ2v) is 6.65. The van der Waals surface area contributed by atoms with Gasteiger partial charge in [0.1, 0.15) is 11.6 Å². The van der Waals surface area contributed by atoms with E-state index in [9.17, 15) is 4.39 Å². The lowest BCUT2D eigenvalue weighted by atomic mass is 10.1. The Balaban J connectivity index is 0.00000320. The number of aromatic nitrogens is 2. The van der Waals surface area contributed by atoms with Gasteiger partial charge in [-0.3, -0.25) is 4.99 Å². The minimum absolute atomic E-state index is 0. The van der Waals surface area contributed by atoms with Crippen LogP contribution in [0.3, 0.4) is 0 Å². The van der Waals surface area contributed by atoms with Gasteiger partial charge in [0.2, 0.25) is 0 Å². The molecule has 1 heterocycles. The lowest BCUT2D eigenvalue weighted by molar-refractivity contribution is 0.408. The number of hydrogen-bond acceptors (Lipinski definition) is 3. The molecule has 0 aliphatic heterocycles. The number of aryl methyl sites for hydroxylation is 1. The van der Waals surface area contributed by atoms with E-state index in [1.54, 1.807) is 31.0 Å². The Kier molecular flexibility index (Phi) is 9.10. The van der Waals surface area contributed by atoms with E-state index in [2.05, 4.69) is 32.9 Å². The van der Waals surface area contributed by atoms with Crippen LogP contribution in [0.25, 0.3) is 5.69 Å². The summed E-state index contributed by atoms with van der Waals surface area (Å²) in [5, 5.41) is 11.1. The van der Waals surface area contributed by atoms with Gasteiger partial charge in [-0.25, -0.2) is 9.07 Å². The fourth-order valence-corrected chi connectivity index (χ4v) is 2.94. The standard InChI is InChI=1S/C22H26FN5O.HI/c1-16-4-5-17(21(14-16)29-3)15-26-22(24-2)25-12-10-19-11-13-28(27-19)20-8-6-18(23)7-9-20;/h4-9,11,13-14H,10,12,15H2,1-3H3,(H2,24,25,26);1H. The van der Waals surface area contributed by atoms with Gasteiger partial charge in [-0.15, -0.1) is 24.0 Å². The van der Waals surface area contributed by atoms with Crippen LogP contribution in [0, 0.1) is 12.7 Å². The van der Waals surface area contributed by atoms with Gasteiger partial charge in [0.15, 0.2) is 5.96 Å². The first-order chi connectivity index (χ1) is 14.1. The first kappa shape index (κ1) is 23.7. The molecule has 3 aromatic rings. The molecule has 3 rings (SSSR count). The summed E-state index contributed by atoms with van der Waals surface area (Å²) in [6.07, 6.45) is 2.61. The zero-order chi connectivity index (χ0) is 20.6. The van der Waals surface area contributed by atoms with Crippen LogP contribution >= 0.6 is 24.0 Å². The average molecular weight is 523 g/mol. The van der Waals surface area contributed by atoms with Crippen LogP contribution in [0.15, 0.2) is 59.7 Å². The normalized spacial score (nSPS) is 11.0. The van der Waals surface area contributed by atoms with Crippen molar-refractivity contribution in [2.45, 2.75) is 19.9 Å². The van der Waals surface area contributed by atoms with Crippen LogP contribution in [0.4, 0.5) is 4.39 Å². The minimum atomic E-state index is -0.257. The Bertz CT molecular complexity index is 972. The van der Waals surface area contributed by atoms with Gasteiger partial charge in [0, 0.05) is 38.3 Å². The quantitative estimate of drug-likeness (QED) is 0.281. The van der Waals surface area contributed by atoms with Crippen LogP contribution < -0.4 is 15.4 Å². The predicted molar refractivity (Wildman–Crippen MR) is 129 cm³/mol. The van der Waals surface area contributed by atoms with Crippen molar-refractivity contribution in [1.29, 1.82) is 0 Å². The molecule has 0 aliphatic rings. The Morgan fingerprint density at radius 1 is 1.13 bits per heavy atom. The molecule has 1 aromatic heterocycles. The maximum absolute atomic E-state index is 13.1. The zero-order valence-electron chi connectivity index (χ0n) is 17.4. The smallest absolute Gasteiger partial charge is 0.191 e. The number of nitrogens with one attached hydrogen (secondary N) is 2. The fraction of sp³-hybridized carbons (Fsp3) is 0.273. The molecule has 160 valence electrons. The van der Waals surface area contributed by atoms with E-state index >= 15 is 0 Å². The molecule has 0 bridgehead atoms. The van der Waals surface area contributed by atoms with Crippen LogP contribution in [0.5, 0.6) is 5.75 Å². The predicted octanol–water partition coefficient (Wildman–Crippen LogP) is 3.85. The van der Waals surface area contributed by atoms with Gasteiger partial charge in [0.25, 0.3) is 0 Å². The largest absolute Gasteiger partial charge is 0.496 e. The number of nitrogens with zero attached hydrogens (tertiary/aromatic N) is 3. The monoisotopic (exact) mass is 523 g/mol. The van der Waals surface area contributed by atoms with Gasteiger partial charge in [-0.2, -0.15) is 5.10 Å². The summed E-state index contributed by atoms with van der Waals surface area (Å²) in [4.78, 5) is 4.26. The van der Waals surface area contributed by atoms with Crippen molar-refractivity contribution in [3.05, 3.63) is 77.4 Å². The summed E-state index contributed by atoms with van der Waals surface area (Å²) in [7, 11) is 3.42. The number of aliphatic imine (C=N–C) groups is 1. The maximum Gasteiger partial charge on any atom is 0.191 e.